The molecule has 0 saturated heterocycles. The third kappa shape index (κ3) is 4.31. The summed E-state index contributed by atoms with van der Waals surface area (Å²) < 4.78 is 33.9. The topological polar surface area (TPSA) is 64.3 Å². The summed E-state index contributed by atoms with van der Waals surface area (Å²) in [7, 11) is 0. The number of ether oxygens (including phenoxy) is 1. The van der Waals surface area contributed by atoms with E-state index in [1.165, 1.54) is 12.1 Å². The molecule has 0 unspecified atom stereocenters. The van der Waals surface area contributed by atoms with Crippen molar-refractivity contribution >= 4 is 39.9 Å². The summed E-state index contributed by atoms with van der Waals surface area (Å²) in [5.41, 5.74) is 5.53. The van der Waals surface area contributed by atoms with E-state index in [1.807, 2.05) is 29.5 Å². The van der Waals surface area contributed by atoms with Gasteiger partial charge in [-0.2, -0.15) is 0 Å². The smallest absolute Gasteiger partial charge is 0.254 e. The van der Waals surface area contributed by atoms with E-state index in [1.54, 1.807) is 6.07 Å². The second-order valence-electron chi connectivity index (χ2n) is 4.79. The van der Waals surface area contributed by atoms with Crippen molar-refractivity contribution in [3.05, 3.63) is 51.1 Å². The van der Waals surface area contributed by atoms with Gasteiger partial charge in [0, 0.05) is 9.64 Å². The number of carbonyl (C=O) groups excluding carboxylic acids is 1. The Kier molecular flexibility index (Phi) is 5.75. The van der Waals surface area contributed by atoms with Crippen LogP contribution in [0.5, 0.6) is 5.75 Å². The molecule has 1 amide bonds. The third-order valence-electron chi connectivity index (χ3n) is 2.98. The summed E-state index contributed by atoms with van der Waals surface area (Å²) in [5.74, 6) is -1.89. The van der Waals surface area contributed by atoms with Crippen LogP contribution in [-0.4, -0.2) is 12.5 Å². The largest absolute Gasteiger partial charge is 0.493 e. The molecule has 0 bridgehead atoms. The lowest BCUT2D eigenvalue weighted by Crippen LogP contribution is -2.16. The van der Waals surface area contributed by atoms with Crippen molar-refractivity contribution in [3.8, 4) is 5.75 Å². The predicted molar refractivity (Wildman–Crippen MR) is 93.1 cm³/mol. The van der Waals surface area contributed by atoms with Gasteiger partial charge in [-0.15, -0.1) is 0 Å². The van der Waals surface area contributed by atoms with Gasteiger partial charge in [0.1, 0.15) is 22.9 Å². The summed E-state index contributed by atoms with van der Waals surface area (Å²) in [6.45, 7) is 2.18. The van der Waals surface area contributed by atoms with Crippen molar-refractivity contribution in [3.63, 3.8) is 0 Å². The Balaban J connectivity index is 2.47. The lowest BCUT2D eigenvalue weighted by molar-refractivity contribution is 0.0997. The molecule has 2 rings (SSSR count). The minimum Gasteiger partial charge on any atom is -0.493 e. The molecule has 3 N–H and O–H groups in total. The van der Waals surface area contributed by atoms with Crippen LogP contribution in [0, 0.1) is 15.2 Å². The van der Waals surface area contributed by atoms with Crippen LogP contribution in [0.15, 0.2) is 30.3 Å². The van der Waals surface area contributed by atoms with Gasteiger partial charge in [-0.05, 0) is 53.3 Å². The van der Waals surface area contributed by atoms with Crippen LogP contribution in [0.3, 0.4) is 0 Å². The molecule has 0 aromatic heterocycles. The Morgan fingerprint density at radius 1 is 1.26 bits per heavy atom. The maximum Gasteiger partial charge on any atom is 0.254 e. The maximum atomic E-state index is 14.0. The molecule has 0 aliphatic carbocycles. The van der Waals surface area contributed by atoms with Crippen molar-refractivity contribution in [1.29, 1.82) is 0 Å². The fraction of sp³-hybridized carbons (Fsp3) is 0.188. The Hall–Kier alpha value is -1.90. The van der Waals surface area contributed by atoms with E-state index >= 15 is 0 Å². The van der Waals surface area contributed by atoms with E-state index in [2.05, 4.69) is 5.32 Å². The zero-order valence-electron chi connectivity index (χ0n) is 12.3. The number of nitrogens with two attached hydrogens (primary N) is 1. The number of nitrogens with one attached hydrogen (secondary N) is 1. The fourth-order valence-corrected chi connectivity index (χ4v) is 2.45. The summed E-state index contributed by atoms with van der Waals surface area (Å²) in [4.78, 5) is 11.7. The summed E-state index contributed by atoms with van der Waals surface area (Å²) >= 11 is 1.97. The zero-order chi connectivity index (χ0) is 17.0. The zero-order valence-corrected chi connectivity index (χ0v) is 14.5. The number of halogens is 3. The molecule has 0 aliphatic rings. The number of benzene rings is 2. The Morgan fingerprint density at radius 2 is 2.00 bits per heavy atom. The molecule has 23 heavy (non-hydrogen) atoms. The molecule has 0 saturated carbocycles. The van der Waals surface area contributed by atoms with E-state index in [9.17, 15) is 13.6 Å². The number of carbonyl (C=O) groups is 1. The van der Waals surface area contributed by atoms with E-state index in [0.29, 0.717) is 16.6 Å². The first-order valence-electron chi connectivity index (χ1n) is 6.90. The van der Waals surface area contributed by atoms with Crippen molar-refractivity contribution < 1.29 is 18.3 Å². The quantitative estimate of drug-likeness (QED) is 0.673. The van der Waals surface area contributed by atoms with Gasteiger partial charge in [0.05, 0.1) is 18.0 Å². The summed E-state index contributed by atoms with van der Waals surface area (Å²) in [5, 5.41) is 2.71. The van der Waals surface area contributed by atoms with Crippen LogP contribution in [0.25, 0.3) is 0 Å². The van der Waals surface area contributed by atoms with Crippen molar-refractivity contribution in [2.45, 2.75) is 13.3 Å². The van der Waals surface area contributed by atoms with Gasteiger partial charge in [0.2, 0.25) is 0 Å². The maximum absolute atomic E-state index is 14.0. The molecule has 0 fully saturated rings. The molecular weight excluding hydrogens is 417 g/mol. The van der Waals surface area contributed by atoms with Gasteiger partial charge < -0.3 is 15.8 Å². The van der Waals surface area contributed by atoms with Crippen molar-refractivity contribution in [2.75, 3.05) is 11.9 Å². The molecule has 2 aromatic carbocycles. The monoisotopic (exact) mass is 432 g/mol. The molecule has 4 nitrogen and oxygen atoms in total. The molecular formula is C16H15F2IN2O2. The van der Waals surface area contributed by atoms with Crippen molar-refractivity contribution in [2.24, 2.45) is 5.73 Å². The van der Waals surface area contributed by atoms with Gasteiger partial charge >= 0.3 is 0 Å². The molecule has 0 atom stereocenters. The van der Waals surface area contributed by atoms with Gasteiger partial charge in [-0.25, -0.2) is 8.78 Å². The summed E-state index contributed by atoms with van der Waals surface area (Å²) in [6, 6.07) is 6.67. The minimum absolute atomic E-state index is 0.0159. The highest BCUT2D eigenvalue weighted by Gasteiger charge is 2.18. The molecule has 0 heterocycles. The van der Waals surface area contributed by atoms with E-state index in [-0.39, 0.29) is 22.7 Å². The summed E-state index contributed by atoms with van der Waals surface area (Å²) in [6.07, 6.45) is 0.684. The van der Waals surface area contributed by atoms with Crippen LogP contribution in [0.1, 0.15) is 23.7 Å². The Labute approximate surface area is 146 Å². The van der Waals surface area contributed by atoms with E-state index in [4.69, 9.17) is 10.5 Å². The first-order valence-corrected chi connectivity index (χ1v) is 7.98. The van der Waals surface area contributed by atoms with Crippen LogP contribution >= 0.6 is 22.6 Å². The SMILES string of the molecule is CCCOc1cc(F)cc(Nc2ccc(I)cc2F)c1C(N)=O. The second-order valence-corrected chi connectivity index (χ2v) is 6.03. The average Bonchev–Trinajstić information content (AvgIpc) is 2.47. The van der Waals surface area contributed by atoms with Crippen LogP contribution < -0.4 is 15.8 Å². The molecule has 0 spiro atoms. The highest BCUT2D eigenvalue weighted by molar-refractivity contribution is 14.1. The predicted octanol–water partition coefficient (Wildman–Crippen LogP) is 4.20. The minimum atomic E-state index is -0.787. The van der Waals surface area contributed by atoms with Crippen molar-refractivity contribution in [1.82, 2.24) is 0 Å². The van der Waals surface area contributed by atoms with E-state index < -0.39 is 17.5 Å². The molecule has 0 radical (unpaired) electrons. The molecule has 7 heteroatoms. The highest BCUT2D eigenvalue weighted by Crippen LogP contribution is 2.31. The number of amides is 1. The second kappa shape index (κ2) is 7.58. The Bertz CT molecular complexity index is 738. The Morgan fingerprint density at radius 3 is 2.61 bits per heavy atom. The van der Waals surface area contributed by atoms with Gasteiger partial charge in [0.25, 0.3) is 5.91 Å². The van der Waals surface area contributed by atoms with Gasteiger partial charge in [-0.3, -0.25) is 4.79 Å². The molecule has 0 aliphatic heterocycles. The lowest BCUT2D eigenvalue weighted by Gasteiger charge is -2.15. The highest BCUT2D eigenvalue weighted by atomic mass is 127. The number of hydrogen-bond donors (Lipinski definition) is 2. The van der Waals surface area contributed by atoms with Crippen LogP contribution in [0.4, 0.5) is 20.2 Å². The molecule has 122 valence electrons. The van der Waals surface area contributed by atoms with Gasteiger partial charge in [0.15, 0.2) is 0 Å². The lowest BCUT2D eigenvalue weighted by atomic mass is 10.1. The first kappa shape index (κ1) is 17.5. The number of hydrogen-bond acceptors (Lipinski definition) is 3. The first-order chi connectivity index (χ1) is 10.9. The number of anilines is 2. The standard InChI is InChI=1S/C16H15F2IN2O2/c1-2-5-23-14-7-9(17)6-13(15(14)16(20)22)21-12-4-3-10(19)8-11(12)18/h3-4,6-8,21H,2,5H2,1H3,(H2,20,22). The third-order valence-corrected chi connectivity index (χ3v) is 3.65. The number of rotatable bonds is 6. The van der Waals surface area contributed by atoms with Crippen LogP contribution in [-0.2, 0) is 0 Å². The molecule has 2 aromatic rings. The fourth-order valence-electron chi connectivity index (χ4n) is 2.00. The van der Waals surface area contributed by atoms with Gasteiger partial charge in [-0.1, -0.05) is 6.92 Å². The van der Waals surface area contributed by atoms with Crippen LogP contribution in [0.2, 0.25) is 0 Å². The normalized spacial score (nSPS) is 10.4. The van der Waals surface area contributed by atoms with E-state index in [0.717, 1.165) is 12.1 Å². The number of primary amides is 1. The average molecular weight is 432 g/mol.